The van der Waals surface area contributed by atoms with Crippen LogP contribution in [0.3, 0.4) is 0 Å². The average Bonchev–Trinajstić information content (AvgIpc) is 2.75. The fourth-order valence-corrected chi connectivity index (χ4v) is 3.65. The first-order valence-electron chi connectivity index (χ1n) is 9.63. The van der Waals surface area contributed by atoms with Gasteiger partial charge in [0.05, 0.1) is 11.6 Å². The van der Waals surface area contributed by atoms with Crippen LogP contribution in [0.25, 0.3) is 0 Å². The van der Waals surface area contributed by atoms with Crippen LogP contribution in [0.5, 0.6) is 5.75 Å². The van der Waals surface area contributed by atoms with Gasteiger partial charge in [-0.2, -0.15) is 5.26 Å². The molecule has 0 aliphatic carbocycles. The number of hydrogen-bond acceptors (Lipinski definition) is 5. The van der Waals surface area contributed by atoms with Gasteiger partial charge in [-0.25, -0.2) is 0 Å². The van der Waals surface area contributed by atoms with Crippen LogP contribution in [0.15, 0.2) is 48.5 Å². The SMILES string of the molecule is C[C@H](Oc1ccc(C#N)cc1)C(=O)N1CCN([C@@H](C(N)=O)c2ccc(Cl)cc2)CC1. The minimum Gasteiger partial charge on any atom is -0.481 e. The molecular formula is C22H23ClN4O3. The normalized spacial score (nSPS) is 16.4. The molecule has 1 aliphatic heterocycles. The van der Waals surface area contributed by atoms with E-state index in [1.165, 1.54) is 0 Å². The summed E-state index contributed by atoms with van der Waals surface area (Å²) in [6.45, 7) is 3.68. The molecule has 1 heterocycles. The van der Waals surface area contributed by atoms with Crippen LogP contribution in [0.2, 0.25) is 5.02 Å². The molecule has 8 heteroatoms. The van der Waals surface area contributed by atoms with Crippen molar-refractivity contribution in [3.63, 3.8) is 0 Å². The number of piperazine rings is 1. The molecule has 2 atom stereocenters. The minimum atomic E-state index is -0.660. The Morgan fingerprint density at radius 1 is 1.07 bits per heavy atom. The first kappa shape index (κ1) is 21.6. The molecular weight excluding hydrogens is 404 g/mol. The zero-order valence-electron chi connectivity index (χ0n) is 16.6. The Kier molecular flexibility index (Phi) is 6.93. The van der Waals surface area contributed by atoms with Gasteiger partial charge in [0.2, 0.25) is 5.91 Å². The number of nitrogens with zero attached hydrogens (tertiary/aromatic N) is 3. The summed E-state index contributed by atoms with van der Waals surface area (Å²) in [6, 6.07) is 15.2. The number of rotatable bonds is 6. The molecule has 30 heavy (non-hydrogen) atoms. The first-order chi connectivity index (χ1) is 14.4. The van der Waals surface area contributed by atoms with Gasteiger partial charge in [0.1, 0.15) is 11.8 Å². The largest absolute Gasteiger partial charge is 0.481 e. The summed E-state index contributed by atoms with van der Waals surface area (Å²) < 4.78 is 5.72. The number of ether oxygens (including phenoxy) is 1. The molecule has 2 aromatic rings. The second kappa shape index (κ2) is 9.61. The Labute approximate surface area is 180 Å². The highest BCUT2D eigenvalue weighted by Crippen LogP contribution is 2.24. The number of nitriles is 1. The van der Waals surface area contributed by atoms with Crippen molar-refractivity contribution in [3.8, 4) is 11.8 Å². The number of nitrogens with two attached hydrogens (primary N) is 1. The molecule has 2 aromatic carbocycles. The molecule has 1 aliphatic rings. The van der Waals surface area contributed by atoms with E-state index in [1.807, 2.05) is 11.0 Å². The Balaban J connectivity index is 1.59. The number of hydrogen-bond donors (Lipinski definition) is 1. The second-order valence-corrected chi connectivity index (χ2v) is 7.55. The van der Waals surface area contributed by atoms with Crippen LogP contribution < -0.4 is 10.5 Å². The lowest BCUT2D eigenvalue weighted by atomic mass is 10.0. The zero-order valence-corrected chi connectivity index (χ0v) is 17.4. The van der Waals surface area contributed by atoms with Crippen molar-refractivity contribution >= 4 is 23.4 Å². The molecule has 7 nitrogen and oxygen atoms in total. The van der Waals surface area contributed by atoms with Crippen molar-refractivity contribution in [1.29, 1.82) is 5.26 Å². The van der Waals surface area contributed by atoms with Crippen molar-refractivity contribution in [1.82, 2.24) is 9.80 Å². The fraction of sp³-hybridized carbons (Fsp3) is 0.318. The van der Waals surface area contributed by atoms with E-state index < -0.39 is 18.1 Å². The first-order valence-corrected chi connectivity index (χ1v) is 10.0. The standard InChI is InChI=1S/C22H23ClN4O3/c1-15(30-19-8-2-16(14-24)3-9-19)22(29)27-12-10-26(11-13-27)20(21(25)28)17-4-6-18(23)7-5-17/h2-9,15,20H,10-13H2,1H3,(H2,25,28)/t15-,20+/m0/s1. The van der Waals surface area contributed by atoms with Gasteiger partial charge >= 0.3 is 0 Å². The van der Waals surface area contributed by atoms with E-state index in [0.717, 1.165) is 5.56 Å². The van der Waals surface area contributed by atoms with Gasteiger partial charge in [-0.05, 0) is 48.9 Å². The predicted molar refractivity (Wildman–Crippen MR) is 113 cm³/mol. The van der Waals surface area contributed by atoms with Gasteiger partial charge in [0.15, 0.2) is 6.10 Å². The van der Waals surface area contributed by atoms with Gasteiger partial charge < -0.3 is 15.4 Å². The highest BCUT2D eigenvalue weighted by Gasteiger charge is 2.32. The molecule has 0 spiro atoms. The van der Waals surface area contributed by atoms with E-state index in [2.05, 4.69) is 0 Å². The number of benzene rings is 2. The fourth-order valence-electron chi connectivity index (χ4n) is 3.52. The summed E-state index contributed by atoms with van der Waals surface area (Å²) in [5.74, 6) is -0.0271. The topological polar surface area (TPSA) is 99.7 Å². The van der Waals surface area contributed by atoms with Crippen LogP contribution in [-0.2, 0) is 9.59 Å². The van der Waals surface area contributed by atoms with Crippen LogP contribution in [-0.4, -0.2) is 53.9 Å². The summed E-state index contributed by atoms with van der Waals surface area (Å²) in [4.78, 5) is 28.6. The Bertz CT molecular complexity index is 932. The van der Waals surface area contributed by atoms with E-state index >= 15 is 0 Å². The highest BCUT2D eigenvalue weighted by atomic mass is 35.5. The van der Waals surface area contributed by atoms with Gasteiger partial charge in [0, 0.05) is 31.2 Å². The van der Waals surface area contributed by atoms with Crippen molar-refractivity contribution in [2.45, 2.75) is 19.1 Å². The summed E-state index contributed by atoms with van der Waals surface area (Å²) in [5.41, 5.74) is 6.96. The molecule has 2 amide bonds. The number of carbonyl (C=O) groups excluding carboxylic acids is 2. The maximum absolute atomic E-state index is 12.8. The van der Waals surface area contributed by atoms with Crippen molar-refractivity contribution in [2.75, 3.05) is 26.2 Å². The molecule has 0 saturated carbocycles. The Morgan fingerprint density at radius 3 is 2.20 bits per heavy atom. The third-order valence-corrected chi connectivity index (χ3v) is 5.34. The lowest BCUT2D eigenvalue weighted by Gasteiger charge is -2.39. The third kappa shape index (κ3) is 5.09. The number of carbonyl (C=O) groups is 2. The predicted octanol–water partition coefficient (Wildman–Crippen LogP) is 2.35. The molecule has 2 N–H and O–H groups in total. The summed E-state index contributed by atoms with van der Waals surface area (Å²) in [6.07, 6.45) is -0.660. The Morgan fingerprint density at radius 2 is 1.67 bits per heavy atom. The van der Waals surface area contributed by atoms with E-state index in [9.17, 15) is 9.59 Å². The average molecular weight is 427 g/mol. The number of amides is 2. The van der Waals surface area contributed by atoms with Gasteiger partial charge in [0.25, 0.3) is 5.91 Å². The molecule has 0 radical (unpaired) electrons. The molecule has 3 rings (SSSR count). The lowest BCUT2D eigenvalue weighted by molar-refractivity contribution is -0.140. The van der Waals surface area contributed by atoms with E-state index in [0.29, 0.717) is 42.5 Å². The van der Waals surface area contributed by atoms with E-state index in [4.69, 9.17) is 27.3 Å². The second-order valence-electron chi connectivity index (χ2n) is 7.11. The van der Waals surface area contributed by atoms with Crippen molar-refractivity contribution in [2.24, 2.45) is 5.73 Å². The smallest absolute Gasteiger partial charge is 0.263 e. The van der Waals surface area contributed by atoms with Crippen LogP contribution in [0.1, 0.15) is 24.1 Å². The van der Waals surface area contributed by atoms with Gasteiger partial charge in [-0.3, -0.25) is 14.5 Å². The molecule has 156 valence electrons. The monoisotopic (exact) mass is 426 g/mol. The molecule has 0 aromatic heterocycles. The minimum absolute atomic E-state index is 0.124. The highest BCUT2D eigenvalue weighted by molar-refractivity contribution is 6.30. The van der Waals surface area contributed by atoms with Crippen LogP contribution in [0.4, 0.5) is 0 Å². The van der Waals surface area contributed by atoms with Gasteiger partial charge in [-0.1, -0.05) is 23.7 Å². The van der Waals surface area contributed by atoms with Crippen molar-refractivity contribution < 1.29 is 14.3 Å². The summed E-state index contributed by atoms with van der Waals surface area (Å²) in [5, 5.41) is 9.45. The third-order valence-electron chi connectivity index (χ3n) is 5.09. The van der Waals surface area contributed by atoms with E-state index in [1.54, 1.807) is 60.4 Å². The molecule has 1 fully saturated rings. The quantitative estimate of drug-likeness (QED) is 0.764. The number of primary amides is 1. The molecule has 0 unspecified atom stereocenters. The molecule has 0 bridgehead atoms. The number of halogens is 1. The lowest BCUT2D eigenvalue weighted by Crippen LogP contribution is -2.54. The Hall–Kier alpha value is -3.08. The van der Waals surface area contributed by atoms with Gasteiger partial charge in [-0.15, -0.1) is 0 Å². The van der Waals surface area contributed by atoms with E-state index in [-0.39, 0.29) is 5.91 Å². The maximum Gasteiger partial charge on any atom is 0.263 e. The van der Waals surface area contributed by atoms with Crippen molar-refractivity contribution in [3.05, 3.63) is 64.7 Å². The van der Waals surface area contributed by atoms with Crippen LogP contribution >= 0.6 is 11.6 Å². The molecule has 1 saturated heterocycles. The maximum atomic E-state index is 12.8. The zero-order chi connectivity index (χ0) is 21.7. The van der Waals surface area contributed by atoms with Crippen LogP contribution in [0, 0.1) is 11.3 Å². The summed E-state index contributed by atoms with van der Waals surface area (Å²) in [7, 11) is 0. The summed E-state index contributed by atoms with van der Waals surface area (Å²) >= 11 is 5.94.